The van der Waals surface area contributed by atoms with Crippen LogP contribution in [0.5, 0.6) is 0 Å². The predicted octanol–water partition coefficient (Wildman–Crippen LogP) is 4.97. The monoisotopic (exact) mass is 522 g/mol. The molecular weight excluding hydrogens is 499 g/mol. The number of anilines is 1. The maximum absolute atomic E-state index is 13.2. The van der Waals surface area contributed by atoms with Crippen molar-refractivity contribution < 1.29 is 14.5 Å². The van der Waals surface area contributed by atoms with Crippen LogP contribution in [0.1, 0.15) is 11.1 Å². The van der Waals surface area contributed by atoms with Crippen LogP contribution in [0.15, 0.2) is 42.5 Å². The summed E-state index contributed by atoms with van der Waals surface area (Å²) in [5.74, 6) is -0.204. The number of nitro groups is 1. The van der Waals surface area contributed by atoms with Crippen LogP contribution >= 0.6 is 35.3 Å². The average molecular weight is 523 g/mol. The average Bonchev–Trinajstić information content (AvgIpc) is 3.23. The first-order valence-corrected chi connectivity index (χ1v) is 11.7. The van der Waals surface area contributed by atoms with E-state index < -0.39 is 4.92 Å². The van der Waals surface area contributed by atoms with Crippen molar-refractivity contribution in [2.24, 2.45) is 0 Å². The second-order valence-corrected chi connectivity index (χ2v) is 9.14. The van der Waals surface area contributed by atoms with E-state index in [2.05, 4.69) is 4.90 Å². The number of nitrogens with zero attached hydrogens (tertiary/aromatic N) is 4. The van der Waals surface area contributed by atoms with E-state index in [1.165, 1.54) is 29.5 Å². The molecule has 34 heavy (non-hydrogen) atoms. The Morgan fingerprint density at radius 2 is 2.00 bits per heavy atom. The van der Waals surface area contributed by atoms with Crippen LogP contribution in [0, 0.1) is 17.0 Å². The predicted molar refractivity (Wildman–Crippen MR) is 138 cm³/mol. The maximum atomic E-state index is 13.2. The summed E-state index contributed by atoms with van der Waals surface area (Å²) in [6, 6.07) is 9.79. The molecular formula is C23H24Cl2N4O4S. The van der Waals surface area contributed by atoms with Crippen LogP contribution in [-0.4, -0.2) is 60.1 Å². The molecule has 0 radical (unpaired) electrons. The number of nitro benzene ring substituents is 1. The number of halogens is 2. The highest BCUT2D eigenvalue weighted by atomic mass is 35.5. The molecule has 1 aliphatic rings. The first kappa shape index (κ1) is 26.1. The highest BCUT2D eigenvalue weighted by Crippen LogP contribution is 2.33. The molecule has 0 N–H and O–H groups in total. The molecule has 1 fully saturated rings. The van der Waals surface area contributed by atoms with Crippen LogP contribution in [0.25, 0.3) is 16.3 Å². The number of morpholine rings is 1. The van der Waals surface area contributed by atoms with Gasteiger partial charge in [0.25, 0.3) is 11.6 Å². The summed E-state index contributed by atoms with van der Waals surface area (Å²) in [7, 11) is 0. The number of benzene rings is 2. The summed E-state index contributed by atoms with van der Waals surface area (Å²) in [6.45, 7) is 6.17. The fourth-order valence-corrected chi connectivity index (χ4v) is 5.04. The number of aryl methyl sites for hydroxylation is 1. The first-order valence-electron chi connectivity index (χ1n) is 10.5. The first-order chi connectivity index (χ1) is 15.9. The largest absolute Gasteiger partial charge is 0.379 e. The lowest BCUT2D eigenvalue weighted by Gasteiger charge is -2.28. The molecule has 1 amide bonds. The minimum absolute atomic E-state index is 0. The zero-order chi connectivity index (χ0) is 23.4. The Morgan fingerprint density at radius 1 is 1.29 bits per heavy atom. The van der Waals surface area contributed by atoms with Gasteiger partial charge in [-0.2, -0.15) is 0 Å². The Bertz CT molecular complexity index is 1190. The normalized spacial score (nSPS) is 14.3. The van der Waals surface area contributed by atoms with Gasteiger partial charge in [-0.25, -0.2) is 4.98 Å². The van der Waals surface area contributed by atoms with Crippen LogP contribution in [-0.2, 0) is 9.53 Å². The van der Waals surface area contributed by atoms with Crippen molar-refractivity contribution in [2.75, 3.05) is 44.3 Å². The lowest BCUT2D eigenvalue weighted by Crippen LogP contribution is -2.42. The minimum Gasteiger partial charge on any atom is -0.379 e. The van der Waals surface area contributed by atoms with E-state index in [0.29, 0.717) is 42.0 Å². The van der Waals surface area contributed by atoms with Crippen molar-refractivity contribution >= 4 is 68.4 Å². The van der Waals surface area contributed by atoms with Gasteiger partial charge >= 0.3 is 0 Å². The summed E-state index contributed by atoms with van der Waals surface area (Å²) < 4.78 is 6.34. The molecule has 8 nitrogen and oxygen atoms in total. The smallest absolute Gasteiger partial charge is 0.269 e. The van der Waals surface area contributed by atoms with Gasteiger partial charge in [-0.3, -0.25) is 24.7 Å². The number of amides is 1. The number of thiazole rings is 1. The van der Waals surface area contributed by atoms with E-state index in [9.17, 15) is 14.9 Å². The van der Waals surface area contributed by atoms with Crippen molar-refractivity contribution in [3.63, 3.8) is 0 Å². The third kappa shape index (κ3) is 6.31. The second-order valence-electron chi connectivity index (χ2n) is 7.69. The fraction of sp³-hybridized carbons (Fsp3) is 0.304. The molecule has 2 aromatic carbocycles. The van der Waals surface area contributed by atoms with Gasteiger partial charge in [-0.1, -0.05) is 22.9 Å². The number of carbonyl (C=O) groups is 1. The molecule has 180 valence electrons. The standard InChI is InChI=1S/C23H23ClN4O4S.ClH/c1-16-14-18(24)15-20-22(16)25-23(33-20)27(9-8-26-10-12-32-13-11-26)21(29)7-4-17-2-5-19(6-3-17)28(30)31;/h2-7,14-15H,8-13H2,1H3;1H. The number of carbonyl (C=O) groups excluding carboxylic acids is 1. The highest BCUT2D eigenvalue weighted by molar-refractivity contribution is 7.22. The lowest BCUT2D eigenvalue weighted by atomic mass is 10.2. The quantitative estimate of drug-likeness (QED) is 0.247. The molecule has 0 aliphatic carbocycles. The van der Waals surface area contributed by atoms with Gasteiger partial charge in [-0.15, -0.1) is 12.4 Å². The van der Waals surface area contributed by atoms with Crippen molar-refractivity contribution in [2.45, 2.75) is 6.92 Å². The van der Waals surface area contributed by atoms with E-state index in [1.54, 1.807) is 23.1 Å². The summed E-state index contributed by atoms with van der Waals surface area (Å²) in [4.78, 5) is 32.3. The topological polar surface area (TPSA) is 88.8 Å². The van der Waals surface area contributed by atoms with Gasteiger partial charge in [-0.05, 0) is 48.4 Å². The van der Waals surface area contributed by atoms with Gasteiger partial charge < -0.3 is 4.74 Å². The van der Waals surface area contributed by atoms with Crippen molar-refractivity contribution in [3.8, 4) is 0 Å². The Hall–Kier alpha value is -2.56. The lowest BCUT2D eigenvalue weighted by molar-refractivity contribution is -0.384. The van der Waals surface area contributed by atoms with Gasteiger partial charge in [0.15, 0.2) is 5.13 Å². The van der Waals surface area contributed by atoms with Crippen molar-refractivity contribution in [1.82, 2.24) is 9.88 Å². The van der Waals surface area contributed by atoms with Crippen molar-refractivity contribution in [3.05, 3.63) is 68.7 Å². The summed E-state index contributed by atoms with van der Waals surface area (Å²) in [5.41, 5.74) is 2.51. The van der Waals surface area contributed by atoms with E-state index >= 15 is 0 Å². The summed E-state index contributed by atoms with van der Waals surface area (Å²) in [5, 5.41) is 12.1. The molecule has 11 heteroatoms. The molecule has 4 rings (SSSR count). The molecule has 3 aromatic rings. The third-order valence-electron chi connectivity index (χ3n) is 5.40. The number of hydrogen-bond acceptors (Lipinski definition) is 7. The minimum atomic E-state index is -0.451. The number of aromatic nitrogens is 1. The van der Waals surface area contributed by atoms with Gasteiger partial charge in [0.1, 0.15) is 0 Å². The van der Waals surface area contributed by atoms with Crippen molar-refractivity contribution in [1.29, 1.82) is 0 Å². The molecule has 1 aliphatic heterocycles. The summed E-state index contributed by atoms with van der Waals surface area (Å²) in [6.07, 6.45) is 3.13. The second kappa shape index (κ2) is 11.7. The van der Waals surface area contributed by atoms with E-state index in [1.807, 2.05) is 19.1 Å². The molecule has 1 aromatic heterocycles. The van der Waals surface area contributed by atoms with Crippen LogP contribution in [0.3, 0.4) is 0 Å². The molecule has 2 heterocycles. The molecule has 0 atom stereocenters. The van der Waals surface area contributed by atoms with E-state index in [0.717, 1.165) is 28.9 Å². The molecule has 1 saturated heterocycles. The Morgan fingerprint density at radius 3 is 2.68 bits per heavy atom. The fourth-order valence-electron chi connectivity index (χ4n) is 3.59. The number of rotatable bonds is 7. The number of fused-ring (bicyclic) bond motifs is 1. The Kier molecular flexibility index (Phi) is 8.98. The Balaban J connectivity index is 0.00000324. The zero-order valence-electron chi connectivity index (χ0n) is 18.5. The van der Waals surface area contributed by atoms with Gasteiger partial charge in [0.05, 0.1) is 28.4 Å². The molecule has 0 saturated carbocycles. The molecule has 0 bridgehead atoms. The molecule has 0 unspecified atom stereocenters. The van der Waals surface area contributed by atoms with Crippen LogP contribution in [0.2, 0.25) is 5.02 Å². The van der Waals surface area contributed by atoms with Gasteiger partial charge in [0, 0.05) is 49.4 Å². The zero-order valence-corrected chi connectivity index (χ0v) is 20.9. The van der Waals surface area contributed by atoms with Gasteiger partial charge in [0.2, 0.25) is 0 Å². The number of ether oxygens (including phenoxy) is 1. The van der Waals surface area contributed by atoms with E-state index in [4.69, 9.17) is 21.3 Å². The maximum Gasteiger partial charge on any atom is 0.269 e. The van der Waals surface area contributed by atoms with Crippen LogP contribution in [0.4, 0.5) is 10.8 Å². The SMILES string of the molecule is Cc1cc(Cl)cc2sc(N(CCN3CCOCC3)C(=O)C=Cc3ccc([N+](=O)[O-])cc3)nc12.Cl. The third-order valence-corrected chi connectivity index (χ3v) is 6.65. The summed E-state index contributed by atoms with van der Waals surface area (Å²) >= 11 is 7.65. The van der Waals surface area contributed by atoms with E-state index in [-0.39, 0.29) is 24.0 Å². The van der Waals surface area contributed by atoms with Crippen LogP contribution < -0.4 is 4.90 Å². The highest BCUT2D eigenvalue weighted by Gasteiger charge is 2.21. The number of hydrogen-bond donors (Lipinski definition) is 0. The molecule has 0 spiro atoms. The Labute approximate surface area is 212 Å². The number of non-ortho nitro benzene ring substituents is 1.